The van der Waals surface area contributed by atoms with Crippen LogP contribution in [0.15, 0.2) is 48.5 Å². The van der Waals surface area contributed by atoms with E-state index in [4.69, 9.17) is 4.74 Å². The third kappa shape index (κ3) is 6.41. The van der Waals surface area contributed by atoms with E-state index in [1.165, 1.54) is 12.7 Å². The van der Waals surface area contributed by atoms with Crippen molar-refractivity contribution >= 4 is 40.1 Å². The summed E-state index contributed by atoms with van der Waals surface area (Å²) in [6.45, 7) is 6.11. The predicted octanol–water partition coefficient (Wildman–Crippen LogP) is 7.05. The molecule has 0 aromatic heterocycles. The quantitative estimate of drug-likeness (QED) is 0.226. The third-order valence-corrected chi connectivity index (χ3v) is 7.63. The van der Waals surface area contributed by atoms with Gasteiger partial charge in [0.15, 0.2) is 0 Å². The zero-order valence-corrected chi connectivity index (χ0v) is 23.4. The Balaban J connectivity index is 1.65. The van der Waals surface area contributed by atoms with Crippen molar-refractivity contribution in [2.45, 2.75) is 77.7 Å². The Hall–Kier alpha value is -3.87. The summed E-state index contributed by atoms with van der Waals surface area (Å²) in [7, 11) is 1.35. The molecule has 7 nitrogen and oxygen atoms in total. The lowest BCUT2D eigenvalue weighted by molar-refractivity contribution is -0.148. The summed E-state index contributed by atoms with van der Waals surface area (Å²) in [5, 5.41) is 10.7. The number of nitrogens with one attached hydrogen (secondary N) is 3. The first-order valence-electron chi connectivity index (χ1n) is 13.9. The minimum atomic E-state index is -1.08. The van der Waals surface area contributed by atoms with E-state index in [1.54, 1.807) is 12.1 Å². The summed E-state index contributed by atoms with van der Waals surface area (Å²) in [6, 6.07) is 15.0. The van der Waals surface area contributed by atoms with Crippen LogP contribution in [0.3, 0.4) is 0 Å². The number of urea groups is 1. The number of methoxy groups -OCH3 is 1. The first kappa shape index (κ1) is 28.1. The predicted molar refractivity (Wildman–Crippen MR) is 156 cm³/mol. The van der Waals surface area contributed by atoms with Gasteiger partial charge in [0.2, 0.25) is 0 Å². The SMILES string of the molecule is CCCc1cc(C)c(NC(=O)Nc2cc3ccccc3cc2C(=O)NC2(C(=O)OC)CCCCCC2)c(C)c1. The van der Waals surface area contributed by atoms with E-state index in [-0.39, 0.29) is 0 Å². The molecule has 0 radical (unpaired) electrons. The molecule has 39 heavy (non-hydrogen) atoms. The lowest BCUT2D eigenvalue weighted by atomic mass is 9.89. The second-order valence-corrected chi connectivity index (χ2v) is 10.6. The summed E-state index contributed by atoms with van der Waals surface area (Å²) in [5.41, 5.74) is 3.55. The van der Waals surface area contributed by atoms with Gasteiger partial charge in [0.25, 0.3) is 5.91 Å². The Bertz CT molecular complexity index is 1350. The number of hydrogen-bond donors (Lipinski definition) is 3. The number of esters is 1. The number of amides is 3. The molecule has 0 atom stereocenters. The van der Waals surface area contributed by atoms with Gasteiger partial charge in [-0.25, -0.2) is 9.59 Å². The molecule has 0 unspecified atom stereocenters. The summed E-state index contributed by atoms with van der Waals surface area (Å²) >= 11 is 0. The lowest BCUT2D eigenvalue weighted by Gasteiger charge is -2.31. The van der Waals surface area contributed by atoms with Crippen LogP contribution >= 0.6 is 0 Å². The average Bonchev–Trinajstić information content (AvgIpc) is 3.16. The summed E-state index contributed by atoms with van der Waals surface area (Å²) in [6.07, 6.45) is 6.76. The van der Waals surface area contributed by atoms with Crippen LogP contribution in [0.25, 0.3) is 10.8 Å². The topological polar surface area (TPSA) is 96.5 Å². The zero-order chi connectivity index (χ0) is 28.0. The molecule has 4 rings (SSSR count). The van der Waals surface area contributed by atoms with Crippen LogP contribution in [0.1, 0.15) is 78.9 Å². The van der Waals surface area contributed by atoms with Crippen LogP contribution in [-0.2, 0) is 16.0 Å². The fourth-order valence-corrected chi connectivity index (χ4v) is 5.67. The number of aryl methyl sites for hydroxylation is 3. The van der Waals surface area contributed by atoms with E-state index in [0.29, 0.717) is 24.1 Å². The molecule has 1 aliphatic carbocycles. The third-order valence-electron chi connectivity index (χ3n) is 7.63. The Morgan fingerprint density at radius 2 is 1.49 bits per heavy atom. The normalized spacial score (nSPS) is 14.8. The highest BCUT2D eigenvalue weighted by atomic mass is 16.5. The van der Waals surface area contributed by atoms with Crippen LogP contribution in [0.2, 0.25) is 0 Å². The number of benzene rings is 3. The van der Waals surface area contributed by atoms with Crippen molar-refractivity contribution in [3.63, 3.8) is 0 Å². The van der Waals surface area contributed by atoms with Crippen LogP contribution in [0.4, 0.5) is 16.2 Å². The molecule has 7 heteroatoms. The molecule has 0 spiro atoms. The number of hydrogen-bond acceptors (Lipinski definition) is 4. The molecule has 0 bridgehead atoms. The highest BCUT2D eigenvalue weighted by Crippen LogP contribution is 2.31. The monoisotopic (exact) mass is 529 g/mol. The number of carbonyl (C=O) groups excluding carboxylic acids is 3. The lowest BCUT2D eigenvalue weighted by Crippen LogP contribution is -2.54. The maximum atomic E-state index is 13.8. The summed E-state index contributed by atoms with van der Waals surface area (Å²) < 4.78 is 5.13. The molecule has 206 valence electrons. The maximum absolute atomic E-state index is 13.8. The Morgan fingerprint density at radius 3 is 2.08 bits per heavy atom. The number of fused-ring (bicyclic) bond motifs is 1. The second kappa shape index (κ2) is 12.3. The Kier molecular flexibility index (Phi) is 8.90. The fraction of sp³-hybridized carbons (Fsp3) is 0.406. The zero-order valence-electron chi connectivity index (χ0n) is 23.4. The smallest absolute Gasteiger partial charge is 0.331 e. The maximum Gasteiger partial charge on any atom is 0.331 e. The Morgan fingerprint density at radius 1 is 0.872 bits per heavy atom. The van der Waals surface area contributed by atoms with Crippen LogP contribution in [0.5, 0.6) is 0 Å². The minimum absolute atomic E-state index is 0.295. The number of ether oxygens (including phenoxy) is 1. The second-order valence-electron chi connectivity index (χ2n) is 10.6. The number of anilines is 2. The van der Waals surface area contributed by atoms with Gasteiger partial charge in [-0.15, -0.1) is 0 Å². The minimum Gasteiger partial charge on any atom is -0.467 e. The van der Waals surface area contributed by atoms with Gasteiger partial charge in [-0.1, -0.05) is 75.4 Å². The Labute approximate surface area is 230 Å². The van der Waals surface area contributed by atoms with E-state index in [0.717, 1.165) is 66.1 Å². The molecule has 1 aliphatic rings. The summed E-state index contributed by atoms with van der Waals surface area (Å²) in [5.74, 6) is -0.845. The van der Waals surface area contributed by atoms with Gasteiger partial charge in [0, 0.05) is 5.69 Å². The fourth-order valence-electron chi connectivity index (χ4n) is 5.67. The molecule has 0 heterocycles. The van der Waals surface area contributed by atoms with E-state index in [9.17, 15) is 14.4 Å². The standard InChI is InChI=1S/C32H39N3O4/c1-5-12-23-17-21(2)28(22(3)18-23)34-31(38)33-27-20-25-14-9-8-13-24(25)19-26(27)29(36)35-32(30(37)39-4)15-10-6-7-11-16-32/h8-9,13-14,17-20H,5-7,10-12,15-16H2,1-4H3,(H,35,36)(H2,33,34,38). The molecule has 0 aliphatic heterocycles. The van der Waals surface area contributed by atoms with E-state index >= 15 is 0 Å². The van der Waals surface area contributed by atoms with Gasteiger partial charge in [0.05, 0.1) is 18.4 Å². The van der Waals surface area contributed by atoms with Gasteiger partial charge in [0.1, 0.15) is 5.54 Å². The number of rotatable bonds is 7. The highest BCUT2D eigenvalue weighted by Gasteiger charge is 2.41. The van der Waals surface area contributed by atoms with Gasteiger partial charge < -0.3 is 20.7 Å². The largest absolute Gasteiger partial charge is 0.467 e. The van der Waals surface area contributed by atoms with E-state index < -0.39 is 23.4 Å². The number of carbonyl (C=O) groups is 3. The van der Waals surface area contributed by atoms with E-state index in [2.05, 4.69) is 35.0 Å². The van der Waals surface area contributed by atoms with Crippen molar-refractivity contribution in [2.24, 2.45) is 0 Å². The van der Waals surface area contributed by atoms with Crippen molar-refractivity contribution in [3.05, 3.63) is 70.8 Å². The summed E-state index contributed by atoms with van der Waals surface area (Å²) in [4.78, 5) is 39.9. The van der Waals surface area contributed by atoms with Gasteiger partial charge in [-0.2, -0.15) is 0 Å². The van der Waals surface area contributed by atoms with Crippen LogP contribution in [-0.4, -0.2) is 30.6 Å². The first-order valence-corrected chi connectivity index (χ1v) is 13.9. The molecular formula is C32H39N3O4. The van der Waals surface area contributed by atoms with Crippen LogP contribution in [0, 0.1) is 13.8 Å². The molecule has 3 aromatic rings. The molecule has 0 saturated heterocycles. The van der Waals surface area contributed by atoms with Gasteiger partial charge in [-0.3, -0.25) is 4.79 Å². The van der Waals surface area contributed by atoms with Crippen LogP contribution < -0.4 is 16.0 Å². The van der Waals surface area contributed by atoms with Crippen molar-refractivity contribution in [2.75, 3.05) is 17.7 Å². The molecule has 3 amide bonds. The molecule has 3 N–H and O–H groups in total. The molecule has 1 fully saturated rings. The van der Waals surface area contributed by atoms with Crippen molar-refractivity contribution in [3.8, 4) is 0 Å². The van der Waals surface area contributed by atoms with Crippen molar-refractivity contribution < 1.29 is 19.1 Å². The average molecular weight is 530 g/mol. The molecular weight excluding hydrogens is 490 g/mol. The van der Waals surface area contributed by atoms with E-state index in [1.807, 2.05) is 38.1 Å². The van der Waals surface area contributed by atoms with Gasteiger partial charge in [-0.05, 0) is 72.7 Å². The van der Waals surface area contributed by atoms with Crippen molar-refractivity contribution in [1.29, 1.82) is 0 Å². The first-order chi connectivity index (χ1) is 18.8. The molecule has 1 saturated carbocycles. The van der Waals surface area contributed by atoms with Gasteiger partial charge >= 0.3 is 12.0 Å². The molecule has 3 aromatic carbocycles. The van der Waals surface area contributed by atoms with Crippen molar-refractivity contribution in [1.82, 2.24) is 5.32 Å². The highest BCUT2D eigenvalue weighted by molar-refractivity contribution is 6.10.